The Labute approximate surface area is 113 Å². The monoisotopic (exact) mass is 391 g/mol. The maximum atomic E-state index is 12.1. The maximum Gasteiger partial charge on any atom is 0.534 e. The molecule has 0 fully saturated rings. The second-order valence-electron chi connectivity index (χ2n) is 3.35. The van der Waals surface area contributed by atoms with Crippen LogP contribution >= 0.6 is 22.6 Å². The number of aromatic amines is 1. The van der Waals surface area contributed by atoms with Gasteiger partial charge in [0.2, 0.25) is 5.88 Å². The second-order valence-corrected chi connectivity index (χ2v) is 6.13. The standard InChI is InChI=1S/C9H5F3INO3S/c10-9(11,12)18(15,16)17-8-4-5-3-6(13)1-2-7(5)14-8/h1-4,14H. The molecule has 2 rings (SSSR count). The van der Waals surface area contributed by atoms with Crippen molar-refractivity contribution in [3.8, 4) is 5.88 Å². The molecule has 98 valence electrons. The lowest BCUT2D eigenvalue weighted by atomic mass is 10.3. The van der Waals surface area contributed by atoms with E-state index in [1.54, 1.807) is 18.2 Å². The van der Waals surface area contributed by atoms with Gasteiger partial charge in [0.1, 0.15) is 0 Å². The van der Waals surface area contributed by atoms with Gasteiger partial charge in [-0.2, -0.15) is 21.6 Å². The summed E-state index contributed by atoms with van der Waals surface area (Å²) < 4.78 is 62.8. The van der Waals surface area contributed by atoms with Crippen LogP contribution < -0.4 is 4.18 Å². The fourth-order valence-electron chi connectivity index (χ4n) is 1.29. The Morgan fingerprint density at radius 3 is 2.50 bits per heavy atom. The van der Waals surface area contributed by atoms with E-state index in [1.165, 1.54) is 6.07 Å². The largest absolute Gasteiger partial charge is 0.534 e. The molecule has 0 bridgehead atoms. The number of rotatable bonds is 2. The van der Waals surface area contributed by atoms with Crippen LogP contribution in [0.15, 0.2) is 24.3 Å². The summed E-state index contributed by atoms with van der Waals surface area (Å²) in [5.41, 5.74) is -4.96. The molecule has 18 heavy (non-hydrogen) atoms. The van der Waals surface area contributed by atoms with Crippen molar-refractivity contribution >= 4 is 43.6 Å². The predicted octanol–water partition coefficient (Wildman–Crippen LogP) is 3.00. The predicted molar refractivity (Wildman–Crippen MR) is 66.6 cm³/mol. The van der Waals surface area contributed by atoms with Crippen LogP contribution in [0.5, 0.6) is 5.88 Å². The van der Waals surface area contributed by atoms with E-state index >= 15 is 0 Å². The van der Waals surface area contributed by atoms with Gasteiger partial charge in [-0.25, -0.2) is 0 Å². The Balaban J connectivity index is 2.39. The molecular weight excluding hydrogens is 386 g/mol. The summed E-state index contributed by atoms with van der Waals surface area (Å²) in [5, 5.41) is 0.564. The normalized spacial score (nSPS) is 12.9. The highest BCUT2D eigenvalue weighted by Crippen LogP contribution is 2.29. The molecule has 2 aromatic rings. The van der Waals surface area contributed by atoms with E-state index in [9.17, 15) is 21.6 Å². The summed E-state index contributed by atoms with van der Waals surface area (Å²) in [5.74, 6) is -0.468. The molecule has 0 unspecified atom stereocenters. The lowest BCUT2D eigenvalue weighted by Crippen LogP contribution is -2.28. The number of benzene rings is 1. The molecule has 0 aliphatic carbocycles. The summed E-state index contributed by atoms with van der Waals surface area (Å²) in [6, 6.07) is 6.21. The molecule has 0 saturated carbocycles. The Morgan fingerprint density at radius 2 is 1.89 bits per heavy atom. The van der Waals surface area contributed by atoms with E-state index in [4.69, 9.17) is 0 Å². The molecule has 1 N–H and O–H groups in total. The fraction of sp³-hybridized carbons (Fsp3) is 0.111. The average molecular weight is 391 g/mol. The van der Waals surface area contributed by atoms with Gasteiger partial charge in [-0.1, -0.05) is 0 Å². The minimum atomic E-state index is -5.64. The molecule has 0 spiro atoms. The van der Waals surface area contributed by atoms with Gasteiger partial charge in [0.05, 0.1) is 0 Å². The van der Waals surface area contributed by atoms with Crippen molar-refractivity contribution in [1.82, 2.24) is 4.98 Å². The van der Waals surface area contributed by atoms with Gasteiger partial charge in [-0.05, 0) is 40.8 Å². The number of H-pyrrole nitrogens is 1. The summed E-state index contributed by atoms with van der Waals surface area (Å²) in [4.78, 5) is 2.45. The van der Waals surface area contributed by atoms with Crippen molar-refractivity contribution in [2.75, 3.05) is 0 Å². The molecule has 9 heteroatoms. The van der Waals surface area contributed by atoms with Gasteiger partial charge >= 0.3 is 15.6 Å². The number of alkyl halides is 3. The van der Waals surface area contributed by atoms with Gasteiger partial charge < -0.3 is 9.17 Å². The van der Waals surface area contributed by atoms with Crippen LogP contribution in [0, 0.1) is 3.57 Å². The third kappa shape index (κ3) is 2.55. The highest BCUT2D eigenvalue weighted by Gasteiger charge is 2.48. The molecule has 0 amide bonds. The van der Waals surface area contributed by atoms with Crippen LogP contribution in [0.3, 0.4) is 0 Å². The summed E-state index contributed by atoms with van der Waals surface area (Å²) >= 11 is 2.03. The number of halogens is 4. The molecule has 0 aliphatic rings. The zero-order valence-corrected chi connectivity index (χ0v) is 11.4. The molecule has 4 nitrogen and oxygen atoms in total. The Morgan fingerprint density at radius 1 is 1.22 bits per heavy atom. The Hall–Kier alpha value is -0.970. The SMILES string of the molecule is O=S(=O)(Oc1cc2cc(I)ccc2[nH]1)C(F)(F)F. The van der Waals surface area contributed by atoms with Crippen molar-refractivity contribution in [3.05, 3.63) is 27.8 Å². The molecule has 1 aromatic carbocycles. The fourth-order valence-corrected chi connectivity index (χ4v) is 2.22. The van der Waals surface area contributed by atoms with Crippen LogP contribution in [-0.2, 0) is 10.1 Å². The number of fused-ring (bicyclic) bond motifs is 1. The topological polar surface area (TPSA) is 59.2 Å². The molecule has 0 aliphatic heterocycles. The molecule has 0 atom stereocenters. The highest BCUT2D eigenvalue weighted by molar-refractivity contribution is 14.1. The van der Waals surface area contributed by atoms with Crippen LogP contribution in [0.4, 0.5) is 13.2 Å². The van der Waals surface area contributed by atoms with Crippen molar-refractivity contribution in [1.29, 1.82) is 0 Å². The van der Waals surface area contributed by atoms with Gasteiger partial charge in [-0.15, -0.1) is 0 Å². The van der Waals surface area contributed by atoms with Crippen LogP contribution in [0.1, 0.15) is 0 Å². The van der Waals surface area contributed by atoms with E-state index in [1.807, 2.05) is 22.6 Å². The third-order valence-electron chi connectivity index (χ3n) is 2.04. The summed E-state index contributed by atoms with van der Waals surface area (Å²) in [6.07, 6.45) is 0. The number of hydrogen-bond acceptors (Lipinski definition) is 3. The minimum absolute atomic E-state index is 0.468. The molecule has 1 heterocycles. The average Bonchev–Trinajstić information content (AvgIpc) is 2.56. The second kappa shape index (κ2) is 4.30. The van der Waals surface area contributed by atoms with Gasteiger partial charge in [0.25, 0.3) is 0 Å². The van der Waals surface area contributed by atoms with Crippen LogP contribution in [0.25, 0.3) is 10.9 Å². The maximum absolute atomic E-state index is 12.1. The molecule has 1 aromatic heterocycles. The molecule has 0 radical (unpaired) electrons. The van der Waals surface area contributed by atoms with E-state index in [0.29, 0.717) is 10.9 Å². The van der Waals surface area contributed by atoms with Gasteiger partial charge in [0.15, 0.2) is 0 Å². The van der Waals surface area contributed by atoms with Gasteiger partial charge in [-0.3, -0.25) is 0 Å². The van der Waals surface area contributed by atoms with Crippen molar-refractivity contribution < 1.29 is 25.8 Å². The Bertz CT molecular complexity index is 693. The van der Waals surface area contributed by atoms with Crippen molar-refractivity contribution in [2.24, 2.45) is 0 Å². The van der Waals surface area contributed by atoms with Crippen LogP contribution in [0.2, 0.25) is 0 Å². The molecular formula is C9H5F3INO3S. The highest BCUT2D eigenvalue weighted by atomic mass is 127. The first-order chi connectivity index (χ1) is 8.19. The third-order valence-corrected chi connectivity index (χ3v) is 3.68. The first-order valence-electron chi connectivity index (χ1n) is 4.48. The lowest BCUT2D eigenvalue weighted by Gasteiger charge is -2.06. The van der Waals surface area contributed by atoms with Crippen LogP contribution in [-0.4, -0.2) is 18.9 Å². The quantitative estimate of drug-likeness (QED) is 0.487. The first-order valence-corrected chi connectivity index (χ1v) is 6.97. The van der Waals surface area contributed by atoms with E-state index < -0.39 is 21.5 Å². The van der Waals surface area contributed by atoms with Crippen molar-refractivity contribution in [3.63, 3.8) is 0 Å². The first kappa shape index (κ1) is 13.5. The smallest absolute Gasteiger partial charge is 0.357 e. The number of aromatic nitrogens is 1. The Kier molecular flexibility index (Phi) is 3.21. The zero-order chi connectivity index (χ0) is 13.6. The zero-order valence-electron chi connectivity index (χ0n) is 8.45. The van der Waals surface area contributed by atoms with E-state index in [-0.39, 0.29) is 0 Å². The summed E-state index contributed by atoms with van der Waals surface area (Å²) in [7, 11) is -5.64. The minimum Gasteiger partial charge on any atom is -0.357 e. The summed E-state index contributed by atoms with van der Waals surface area (Å²) in [6.45, 7) is 0. The lowest BCUT2D eigenvalue weighted by molar-refractivity contribution is -0.0501. The van der Waals surface area contributed by atoms with E-state index in [2.05, 4.69) is 9.17 Å². The number of hydrogen-bond donors (Lipinski definition) is 1. The van der Waals surface area contributed by atoms with Crippen molar-refractivity contribution in [2.45, 2.75) is 5.51 Å². The molecule has 0 saturated heterocycles. The van der Waals surface area contributed by atoms with Gasteiger partial charge in [0, 0.05) is 20.5 Å². The number of nitrogens with one attached hydrogen (secondary N) is 1. The van der Waals surface area contributed by atoms with E-state index in [0.717, 1.165) is 3.57 Å².